The zero-order valence-electron chi connectivity index (χ0n) is 13.8. The highest BCUT2D eigenvalue weighted by Crippen LogP contribution is 2.47. The van der Waals surface area contributed by atoms with Crippen LogP contribution in [-0.2, 0) is 4.79 Å². The summed E-state index contributed by atoms with van der Waals surface area (Å²) in [5, 5.41) is 1.22. The smallest absolute Gasteiger partial charge is 0.246 e. The maximum absolute atomic E-state index is 13.2. The number of methoxy groups -OCH3 is 1. The molecule has 2 fully saturated rings. The number of benzene rings is 2. The van der Waals surface area contributed by atoms with E-state index in [4.69, 9.17) is 27.9 Å². The third-order valence-electron chi connectivity index (χ3n) is 4.96. The normalized spacial score (nSPS) is 23.2. The van der Waals surface area contributed by atoms with Gasteiger partial charge in [-0.1, -0.05) is 41.4 Å². The average molecular weight is 377 g/mol. The van der Waals surface area contributed by atoms with Crippen molar-refractivity contribution in [1.29, 1.82) is 0 Å². The van der Waals surface area contributed by atoms with E-state index in [-0.39, 0.29) is 18.1 Å². The summed E-state index contributed by atoms with van der Waals surface area (Å²) in [6.45, 7) is 0.867. The van der Waals surface area contributed by atoms with Crippen LogP contribution in [0.2, 0.25) is 10.0 Å². The summed E-state index contributed by atoms with van der Waals surface area (Å²) in [4.78, 5) is 17.2. The molecule has 0 bridgehead atoms. The standard InChI is InChI=1S/C19H18Cl2N2O2/c1-25-17-9-8-12(20)11-16(17)23-18(13-5-2-3-6-14(13)21)22-10-4-7-15(22)19(23)24/h2-3,5-6,8-9,11,15,18H,4,7,10H2,1H3/t15-,18+/m0/s1. The molecular formula is C19H18Cl2N2O2. The highest BCUT2D eigenvalue weighted by molar-refractivity contribution is 6.31. The zero-order valence-corrected chi connectivity index (χ0v) is 15.3. The number of hydrogen-bond acceptors (Lipinski definition) is 3. The molecule has 0 N–H and O–H groups in total. The predicted octanol–water partition coefficient (Wildman–Crippen LogP) is 4.51. The van der Waals surface area contributed by atoms with Gasteiger partial charge in [-0.25, -0.2) is 0 Å². The molecule has 4 nitrogen and oxygen atoms in total. The van der Waals surface area contributed by atoms with E-state index < -0.39 is 0 Å². The van der Waals surface area contributed by atoms with Crippen LogP contribution in [-0.4, -0.2) is 30.5 Å². The molecule has 0 saturated carbocycles. The van der Waals surface area contributed by atoms with Crippen molar-refractivity contribution in [2.45, 2.75) is 25.0 Å². The lowest BCUT2D eigenvalue weighted by Crippen LogP contribution is -2.32. The van der Waals surface area contributed by atoms with Crippen LogP contribution in [0, 0.1) is 0 Å². The van der Waals surface area contributed by atoms with E-state index in [0.717, 1.165) is 24.9 Å². The Morgan fingerprint density at radius 1 is 1.16 bits per heavy atom. The molecule has 4 rings (SSSR count). The SMILES string of the molecule is COc1ccc(Cl)cc1N1C(=O)[C@@H]2CCCN2[C@H]1c1ccccc1Cl. The highest BCUT2D eigenvalue weighted by Gasteiger charge is 2.50. The molecule has 2 aromatic carbocycles. The van der Waals surface area contributed by atoms with E-state index in [1.165, 1.54) is 0 Å². The lowest BCUT2D eigenvalue weighted by molar-refractivity contribution is -0.119. The van der Waals surface area contributed by atoms with E-state index in [1.54, 1.807) is 30.2 Å². The van der Waals surface area contributed by atoms with Gasteiger partial charge in [0.25, 0.3) is 0 Å². The maximum Gasteiger partial charge on any atom is 0.246 e. The van der Waals surface area contributed by atoms with Gasteiger partial charge in [-0.3, -0.25) is 14.6 Å². The molecule has 0 aliphatic carbocycles. The third-order valence-corrected chi connectivity index (χ3v) is 5.54. The van der Waals surface area contributed by atoms with Crippen LogP contribution in [0.25, 0.3) is 0 Å². The first-order valence-electron chi connectivity index (χ1n) is 8.28. The number of halogens is 2. The molecule has 2 atom stereocenters. The monoisotopic (exact) mass is 376 g/mol. The second-order valence-electron chi connectivity index (χ2n) is 6.32. The van der Waals surface area contributed by atoms with Crippen LogP contribution in [0.15, 0.2) is 42.5 Å². The van der Waals surface area contributed by atoms with Crippen molar-refractivity contribution in [3.05, 3.63) is 58.1 Å². The first-order chi connectivity index (χ1) is 12.1. The molecule has 0 radical (unpaired) electrons. The molecule has 2 aliphatic rings. The molecule has 6 heteroatoms. The molecule has 0 aromatic heterocycles. The predicted molar refractivity (Wildman–Crippen MR) is 99.4 cm³/mol. The quantitative estimate of drug-likeness (QED) is 0.789. The Balaban J connectivity index is 1.89. The van der Waals surface area contributed by atoms with Gasteiger partial charge in [-0.15, -0.1) is 0 Å². The Hall–Kier alpha value is -1.75. The molecule has 2 saturated heterocycles. The van der Waals surface area contributed by atoms with E-state index in [1.807, 2.05) is 24.3 Å². The largest absolute Gasteiger partial charge is 0.495 e. The Kier molecular flexibility index (Phi) is 4.36. The van der Waals surface area contributed by atoms with E-state index in [9.17, 15) is 4.79 Å². The number of anilines is 1. The van der Waals surface area contributed by atoms with Gasteiger partial charge in [-0.2, -0.15) is 0 Å². The minimum atomic E-state index is -0.249. The zero-order chi connectivity index (χ0) is 17.6. The molecule has 0 unspecified atom stereocenters. The van der Waals surface area contributed by atoms with Crippen molar-refractivity contribution >= 4 is 34.8 Å². The lowest BCUT2D eigenvalue weighted by Gasteiger charge is -2.31. The van der Waals surface area contributed by atoms with Crippen molar-refractivity contribution in [3.8, 4) is 5.75 Å². The Bertz CT molecular complexity index is 827. The fourth-order valence-corrected chi connectivity index (χ4v) is 4.28. The van der Waals surface area contributed by atoms with Gasteiger partial charge in [0, 0.05) is 22.2 Å². The summed E-state index contributed by atoms with van der Waals surface area (Å²) < 4.78 is 5.49. The average Bonchev–Trinajstić information content (AvgIpc) is 3.18. The number of rotatable bonds is 3. The van der Waals surface area contributed by atoms with Crippen LogP contribution >= 0.6 is 23.2 Å². The van der Waals surface area contributed by atoms with Gasteiger partial charge < -0.3 is 4.74 Å². The second-order valence-corrected chi connectivity index (χ2v) is 7.16. The van der Waals surface area contributed by atoms with Gasteiger partial charge in [0.15, 0.2) is 0 Å². The summed E-state index contributed by atoms with van der Waals surface area (Å²) in [5.41, 5.74) is 1.60. The summed E-state index contributed by atoms with van der Waals surface area (Å²) in [6.07, 6.45) is 1.62. The topological polar surface area (TPSA) is 32.8 Å². The summed E-state index contributed by atoms with van der Waals surface area (Å²) in [7, 11) is 1.60. The summed E-state index contributed by atoms with van der Waals surface area (Å²) >= 11 is 12.7. The van der Waals surface area contributed by atoms with E-state index >= 15 is 0 Å². The van der Waals surface area contributed by atoms with Gasteiger partial charge in [0.1, 0.15) is 11.9 Å². The van der Waals surface area contributed by atoms with Crippen molar-refractivity contribution in [3.63, 3.8) is 0 Å². The van der Waals surface area contributed by atoms with Gasteiger partial charge in [-0.05, 0) is 37.1 Å². The first kappa shape index (κ1) is 16.7. The van der Waals surface area contributed by atoms with Crippen LogP contribution in [0.3, 0.4) is 0 Å². The fourth-order valence-electron chi connectivity index (χ4n) is 3.88. The van der Waals surface area contributed by atoms with Crippen molar-refractivity contribution in [1.82, 2.24) is 4.90 Å². The molecule has 1 amide bonds. The highest BCUT2D eigenvalue weighted by atomic mass is 35.5. The fraction of sp³-hybridized carbons (Fsp3) is 0.316. The van der Waals surface area contributed by atoms with Gasteiger partial charge in [0.2, 0.25) is 5.91 Å². The van der Waals surface area contributed by atoms with Crippen molar-refractivity contribution < 1.29 is 9.53 Å². The van der Waals surface area contributed by atoms with E-state index in [2.05, 4.69) is 4.90 Å². The van der Waals surface area contributed by atoms with Gasteiger partial charge >= 0.3 is 0 Å². The Morgan fingerprint density at radius 3 is 2.72 bits per heavy atom. The summed E-state index contributed by atoms with van der Waals surface area (Å²) in [6, 6.07) is 12.9. The lowest BCUT2D eigenvalue weighted by atomic mass is 10.1. The van der Waals surface area contributed by atoms with Crippen molar-refractivity contribution in [2.24, 2.45) is 0 Å². The third kappa shape index (κ3) is 2.69. The molecule has 2 aromatic rings. The first-order valence-corrected chi connectivity index (χ1v) is 9.04. The van der Waals surface area contributed by atoms with Crippen LogP contribution < -0.4 is 9.64 Å². The number of fused-ring (bicyclic) bond motifs is 1. The molecule has 2 heterocycles. The Morgan fingerprint density at radius 2 is 1.96 bits per heavy atom. The van der Waals surface area contributed by atoms with E-state index in [0.29, 0.717) is 21.5 Å². The number of nitrogens with zero attached hydrogens (tertiary/aromatic N) is 2. The Labute approximate surface area is 156 Å². The molecular weight excluding hydrogens is 359 g/mol. The maximum atomic E-state index is 13.2. The van der Waals surface area contributed by atoms with Crippen LogP contribution in [0.4, 0.5) is 5.69 Å². The molecule has 130 valence electrons. The van der Waals surface area contributed by atoms with Gasteiger partial charge in [0.05, 0.1) is 18.8 Å². The summed E-state index contributed by atoms with van der Waals surface area (Å²) in [5.74, 6) is 0.693. The molecule has 25 heavy (non-hydrogen) atoms. The minimum absolute atomic E-state index is 0.0722. The number of hydrogen-bond donors (Lipinski definition) is 0. The van der Waals surface area contributed by atoms with Crippen molar-refractivity contribution in [2.75, 3.05) is 18.6 Å². The number of carbonyl (C=O) groups is 1. The molecule has 0 spiro atoms. The second kappa shape index (κ2) is 6.52. The minimum Gasteiger partial charge on any atom is -0.495 e. The number of ether oxygens (including phenoxy) is 1. The number of carbonyl (C=O) groups excluding carboxylic acids is 1. The molecule has 2 aliphatic heterocycles. The van der Waals surface area contributed by atoms with Crippen LogP contribution in [0.1, 0.15) is 24.6 Å². The number of amides is 1. The van der Waals surface area contributed by atoms with Crippen LogP contribution in [0.5, 0.6) is 5.75 Å².